The monoisotopic (exact) mass is 188 g/mol. The van der Waals surface area contributed by atoms with Gasteiger partial charge in [-0.15, -0.1) is 0 Å². The summed E-state index contributed by atoms with van der Waals surface area (Å²) in [4.78, 5) is 0. The van der Waals surface area contributed by atoms with Gasteiger partial charge in [-0.2, -0.15) is 0 Å². The van der Waals surface area contributed by atoms with Crippen molar-refractivity contribution < 1.29 is 8.42 Å². The van der Waals surface area contributed by atoms with Gasteiger partial charge in [-0.05, 0) is 23.3 Å². The molecule has 0 aliphatic heterocycles. The molecule has 7 heteroatoms. The van der Waals surface area contributed by atoms with Crippen molar-refractivity contribution in [3.8, 4) is 0 Å². The van der Waals surface area contributed by atoms with Gasteiger partial charge in [-0.3, -0.25) is 0 Å². The predicted octanol–water partition coefficient (Wildman–Crippen LogP) is -0.589. The van der Waals surface area contributed by atoms with E-state index in [4.69, 9.17) is 0 Å². The molecule has 0 aromatic carbocycles. The van der Waals surface area contributed by atoms with Crippen molar-refractivity contribution in [2.75, 3.05) is 6.26 Å². The van der Waals surface area contributed by atoms with Gasteiger partial charge in [-0.1, -0.05) is 5.10 Å². The lowest BCUT2D eigenvalue weighted by Gasteiger charge is -1.97. The molecule has 0 radical (unpaired) electrons. The Morgan fingerprint density at radius 1 is 1.50 bits per heavy atom. The molecule has 0 bridgehead atoms. The number of hydrogen-bond acceptors (Lipinski definition) is 5. The SMILES string of the molecule is CS(=O)(=O)c1nnnn1C1CC1. The molecule has 66 valence electrons. The minimum Gasteiger partial charge on any atom is -0.221 e. The third-order valence-electron chi connectivity index (χ3n) is 1.69. The van der Waals surface area contributed by atoms with Crippen molar-refractivity contribution in [1.29, 1.82) is 0 Å². The second kappa shape index (κ2) is 2.25. The molecule has 1 fully saturated rings. The van der Waals surface area contributed by atoms with E-state index in [0.29, 0.717) is 0 Å². The first kappa shape index (κ1) is 7.66. The van der Waals surface area contributed by atoms with Gasteiger partial charge in [0.2, 0.25) is 9.84 Å². The van der Waals surface area contributed by atoms with Crippen LogP contribution in [0.2, 0.25) is 0 Å². The summed E-state index contributed by atoms with van der Waals surface area (Å²) in [6.07, 6.45) is 3.04. The van der Waals surface area contributed by atoms with Gasteiger partial charge in [0.25, 0.3) is 5.16 Å². The van der Waals surface area contributed by atoms with Gasteiger partial charge >= 0.3 is 0 Å². The normalized spacial score (nSPS) is 18.1. The lowest BCUT2D eigenvalue weighted by atomic mass is 10.7. The van der Waals surface area contributed by atoms with Crippen LogP contribution in [0.3, 0.4) is 0 Å². The second-order valence-corrected chi connectivity index (χ2v) is 4.82. The Bertz CT molecular complexity index is 391. The van der Waals surface area contributed by atoms with Crippen LogP contribution in [0.25, 0.3) is 0 Å². The molecule has 6 nitrogen and oxygen atoms in total. The maximum absolute atomic E-state index is 11.1. The maximum atomic E-state index is 11.1. The maximum Gasteiger partial charge on any atom is 0.267 e. The Hall–Kier alpha value is -0.980. The van der Waals surface area contributed by atoms with E-state index in [1.165, 1.54) is 4.68 Å². The summed E-state index contributed by atoms with van der Waals surface area (Å²) in [5.41, 5.74) is 0. The van der Waals surface area contributed by atoms with Crippen molar-refractivity contribution in [1.82, 2.24) is 20.2 Å². The van der Waals surface area contributed by atoms with Crippen molar-refractivity contribution in [3.63, 3.8) is 0 Å². The number of nitrogens with zero attached hydrogens (tertiary/aromatic N) is 4. The van der Waals surface area contributed by atoms with Crippen molar-refractivity contribution in [2.24, 2.45) is 0 Å². The first-order valence-electron chi connectivity index (χ1n) is 3.57. The Labute approximate surface area is 69.5 Å². The lowest BCUT2D eigenvalue weighted by Crippen LogP contribution is -2.09. The molecule has 1 heterocycles. The average molecular weight is 188 g/mol. The fraction of sp³-hybridized carbons (Fsp3) is 0.800. The smallest absolute Gasteiger partial charge is 0.221 e. The molecule has 0 saturated heterocycles. The zero-order valence-corrected chi connectivity index (χ0v) is 7.32. The minimum atomic E-state index is -3.27. The Morgan fingerprint density at radius 3 is 2.67 bits per heavy atom. The quantitative estimate of drug-likeness (QED) is 0.620. The summed E-state index contributed by atoms with van der Waals surface area (Å²) in [7, 11) is -3.27. The van der Waals surface area contributed by atoms with Gasteiger partial charge in [0.05, 0.1) is 6.04 Å². The van der Waals surface area contributed by atoms with Crippen LogP contribution < -0.4 is 0 Å². The topological polar surface area (TPSA) is 77.7 Å². The molecule has 1 aliphatic carbocycles. The van der Waals surface area contributed by atoms with Crippen LogP contribution in [-0.2, 0) is 9.84 Å². The van der Waals surface area contributed by atoms with Gasteiger partial charge in [0, 0.05) is 6.26 Å². The highest BCUT2D eigenvalue weighted by atomic mass is 32.2. The third-order valence-corrected chi connectivity index (χ3v) is 2.62. The summed E-state index contributed by atoms with van der Waals surface area (Å²) in [5.74, 6) is 0. The second-order valence-electron chi connectivity index (χ2n) is 2.91. The molecular weight excluding hydrogens is 180 g/mol. The Balaban J connectivity index is 2.49. The molecule has 1 aliphatic rings. The molecule has 0 N–H and O–H groups in total. The van der Waals surface area contributed by atoms with Crippen LogP contribution >= 0.6 is 0 Å². The molecule has 0 spiro atoms. The summed E-state index contributed by atoms with van der Waals surface area (Å²) in [6.45, 7) is 0. The van der Waals surface area contributed by atoms with E-state index in [0.717, 1.165) is 19.1 Å². The van der Waals surface area contributed by atoms with E-state index in [1.54, 1.807) is 0 Å². The van der Waals surface area contributed by atoms with Gasteiger partial charge in [-0.25, -0.2) is 13.1 Å². The van der Waals surface area contributed by atoms with Gasteiger partial charge in [0.1, 0.15) is 0 Å². The van der Waals surface area contributed by atoms with Crippen LogP contribution in [0.4, 0.5) is 0 Å². The van der Waals surface area contributed by atoms with Crippen LogP contribution in [0.5, 0.6) is 0 Å². The molecule has 1 aromatic heterocycles. The summed E-state index contributed by atoms with van der Waals surface area (Å²) in [6, 6.07) is 0.199. The lowest BCUT2D eigenvalue weighted by molar-refractivity contribution is 0.535. The van der Waals surface area contributed by atoms with Crippen LogP contribution in [-0.4, -0.2) is 34.9 Å². The van der Waals surface area contributed by atoms with Crippen LogP contribution in [0.1, 0.15) is 18.9 Å². The first-order chi connectivity index (χ1) is 5.59. The summed E-state index contributed by atoms with van der Waals surface area (Å²) < 4.78 is 23.6. The molecule has 0 unspecified atom stereocenters. The van der Waals surface area contributed by atoms with Crippen molar-refractivity contribution in [3.05, 3.63) is 0 Å². The highest BCUT2D eigenvalue weighted by Gasteiger charge is 2.30. The molecule has 12 heavy (non-hydrogen) atoms. The fourth-order valence-electron chi connectivity index (χ4n) is 0.978. The number of tetrazole rings is 1. The molecule has 0 atom stereocenters. The molecule has 1 aromatic rings. The van der Waals surface area contributed by atoms with Crippen molar-refractivity contribution >= 4 is 9.84 Å². The zero-order chi connectivity index (χ0) is 8.77. The predicted molar refractivity (Wildman–Crippen MR) is 39.2 cm³/mol. The Kier molecular flexibility index (Phi) is 1.44. The number of aromatic nitrogens is 4. The van der Waals surface area contributed by atoms with E-state index in [2.05, 4.69) is 15.5 Å². The summed E-state index contributed by atoms with van der Waals surface area (Å²) in [5, 5.41) is 10.4. The van der Waals surface area contributed by atoms with E-state index in [-0.39, 0.29) is 11.2 Å². The van der Waals surface area contributed by atoms with E-state index in [1.807, 2.05) is 0 Å². The van der Waals surface area contributed by atoms with E-state index < -0.39 is 9.84 Å². The minimum absolute atomic E-state index is 0.0231. The van der Waals surface area contributed by atoms with Gasteiger partial charge in [0.15, 0.2) is 0 Å². The Morgan fingerprint density at radius 2 is 2.17 bits per heavy atom. The number of rotatable bonds is 2. The van der Waals surface area contributed by atoms with E-state index in [9.17, 15) is 8.42 Å². The molecular formula is C5H8N4O2S. The molecule has 0 amide bonds. The average Bonchev–Trinajstić information content (AvgIpc) is 2.65. The number of hydrogen-bond donors (Lipinski definition) is 0. The molecule has 1 saturated carbocycles. The zero-order valence-electron chi connectivity index (χ0n) is 6.51. The first-order valence-corrected chi connectivity index (χ1v) is 5.46. The fourth-order valence-corrected chi connectivity index (χ4v) is 1.69. The molecule has 2 rings (SSSR count). The number of sulfone groups is 1. The van der Waals surface area contributed by atoms with Crippen LogP contribution in [0.15, 0.2) is 5.16 Å². The van der Waals surface area contributed by atoms with Crippen LogP contribution in [0, 0.1) is 0 Å². The standard InChI is InChI=1S/C5H8N4O2S/c1-12(10,11)5-6-7-8-9(5)4-2-3-4/h4H,2-3H2,1H3. The third kappa shape index (κ3) is 1.20. The highest BCUT2D eigenvalue weighted by Crippen LogP contribution is 2.35. The van der Waals surface area contributed by atoms with E-state index >= 15 is 0 Å². The summed E-state index contributed by atoms with van der Waals surface area (Å²) >= 11 is 0. The highest BCUT2D eigenvalue weighted by molar-refractivity contribution is 7.90. The largest absolute Gasteiger partial charge is 0.267 e. The van der Waals surface area contributed by atoms with Crippen molar-refractivity contribution in [2.45, 2.75) is 24.0 Å². The van der Waals surface area contributed by atoms with Gasteiger partial charge < -0.3 is 0 Å².